The number of carbonyl (C=O) groups excluding carboxylic acids is 1. The van der Waals surface area contributed by atoms with Gasteiger partial charge in [-0.1, -0.05) is 35.5 Å². The summed E-state index contributed by atoms with van der Waals surface area (Å²) in [5, 5.41) is 7.14. The first-order valence-corrected chi connectivity index (χ1v) is 8.60. The Labute approximate surface area is 136 Å². The minimum Gasteiger partial charge on any atom is -0.390 e. The first-order valence-electron chi connectivity index (χ1n) is 8.60. The Hall–Kier alpha value is -1.88. The van der Waals surface area contributed by atoms with Crippen molar-refractivity contribution in [1.29, 1.82) is 0 Å². The lowest BCUT2D eigenvalue weighted by atomic mass is 9.92. The summed E-state index contributed by atoms with van der Waals surface area (Å²) in [4.78, 5) is 20.2. The number of nitrogens with zero attached hydrogens (tertiary/aromatic N) is 2. The Morgan fingerprint density at radius 1 is 1.26 bits per heavy atom. The molecule has 0 radical (unpaired) electrons. The van der Waals surface area contributed by atoms with Crippen LogP contribution in [0.4, 0.5) is 0 Å². The van der Waals surface area contributed by atoms with E-state index in [1.54, 1.807) is 0 Å². The number of hydrogen-bond donors (Lipinski definition) is 1. The molecule has 1 saturated heterocycles. The number of rotatable bonds is 5. The van der Waals surface area contributed by atoms with E-state index in [-0.39, 0.29) is 17.9 Å². The predicted molar refractivity (Wildman–Crippen MR) is 88.2 cm³/mol. The van der Waals surface area contributed by atoms with Crippen LogP contribution >= 0.6 is 0 Å². The van der Waals surface area contributed by atoms with E-state index >= 15 is 0 Å². The number of hydrogen-bond acceptors (Lipinski definition) is 4. The highest BCUT2D eigenvalue weighted by molar-refractivity contribution is 6.40. The molecule has 2 atom stereocenters. The number of likely N-dealkylation sites (tertiary alicyclic amines) is 1. The van der Waals surface area contributed by atoms with E-state index in [0.717, 1.165) is 38.9 Å². The molecule has 3 aliphatic rings. The Bertz CT molecular complexity index is 598. The number of benzene rings is 1. The van der Waals surface area contributed by atoms with Gasteiger partial charge in [-0.25, -0.2) is 0 Å². The summed E-state index contributed by atoms with van der Waals surface area (Å²) in [6.45, 7) is 2.73. The lowest BCUT2D eigenvalue weighted by Crippen LogP contribution is -2.45. The highest BCUT2D eigenvalue weighted by Gasteiger charge is 2.44. The monoisotopic (exact) mass is 313 g/mol. The minimum atomic E-state index is -0.0212. The molecule has 0 aromatic heterocycles. The molecule has 122 valence electrons. The fourth-order valence-electron chi connectivity index (χ4n) is 3.55. The van der Waals surface area contributed by atoms with Crippen molar-refractivity contribution >= 4 is 11.6 Å². The van der Waals surface area contributed by atoms with Crippen molar-refractivity contribution in [3.8, 4) is 0 Å². The quantitative estimate of drug-likeness (QED) is 0.898. The van der Waals surface area contributed by atoms with E-state index in [0.29, 0.717) is 11.8 Å². The molecule has 0 bridgehead atoms. The molecule has 2 fully saturated rings. The van der Waals surface area contributed by atoms with Crippen molar-refractivity contribution in [2.45, 2.75) is 37.8 Å². The van der Waals surface area contributed by atoms with Gasteiger partial charge in [-0.3, -0.25) is 9.69 Å². The van der Waals surface area contributed by atoms with Crippen LogP contribution in [0.2, 0.25) is 0 Å². The maximum absolute atomic E-state index is 12.3. The first-order chi connectivity index (χ1) is 11.3. The summed E-state index contributed by atoms with van der Waals surface area (Å²) < 4.78 is 0. The maximum Gasteiger partial charge on any atom is 0.269 e. The second kappa shape index (κ2) is 6.32. The molecular formula is C18H23N3O2. The maximum atomic E-state index is 12.3. The van der Waals surface area contributed by atoms with Gasteiger partial charge >= 0.3 is 0 Å². The fraction of sp³-hybridized carbons (Fsp3) is 0.556. The highest BCUT2D eigenvalue weighted by Crippen LogP contribution is 2.28. The van der Waals surface area contributed by atoms with Gasteiger partial charge in [0.1, 0.15) is 6.10 Å². The highest BCUT2D eigenvalue weighted by atomic mass is 16.6. The molecule has 1 aliphatic carbocycles. The molecule has 1 N–H and O–H groups in total. The zero-order chi connectivity index (χ0) is 15.6. The van der Waals surface area contributed by atoms with Gasteiger partial charge in [0.05, 0.1) is 5.92 Å². The Balaban J connectivity index is 1.30. The number of nitrogens with one attached hydrogen (secondary N) is 1. The van der Waals surface area contributed by atoms with Crippen molar-refractivity contribution in [1.82, 2.24) is 10.2 Å². The van der Waals surface area contributed by atoms with E-state index in [9.17, 15) is 4.79 Å². The molecular weight excluding hydrogens is 290 g/mol. The van der Waals surface area contributed by atoms with Gasteiger partial charge in [-0.2, -0.15) is 0 Å². The van der Waals surface area contributed by atoms with E-state index in [1.807, 2.05) is 6.07 Å². The third-order valence-corrected chi connectivity index (χ3v) is 5.21. The molecule has 5 heteroatoms. The molecule has 1 amide bonds. The van der Waals surface area contributed by atoms with E-state index in [1.165, 1.54) is 12.0 Å². The van der Waals surface area contributed by atoms with Crippen molar-refractivity contribution in [3.63, 3.8) is 0 Å². The second-order valence-corrected chi connectivity index (χ2v) is 6.82. The molecule has 5 nitrogen and oxygen atoms in total. The Morgan fingerprint density at radius 3 is 2.83 bits per heavy atom. The normalized spacial score (nSPS) is 27.0. The summed E-state index contributed by atoms with van der Waals surface area (Å²) in [5.41, 5.74) is 1.95. The third-order valence-electron chi connectivity index (χ3n) is 5.21. The number of oxime groups is 1. The molecule has 4 rings (SSSR count). The average Bonchev–Trinajstić information content (AvgIpc) is 3.09. The second-order valence-electron chi connectivity index (χ2n) is 6.82. The van der Waals surface area contributed by atoms with Gasteiger partial charge in [0.15, 0.2) is 5.71 Å². The minimum absolute atomic E-state index is 0.0212. The van der Waals surface area contributed by atoms with Gasteiger partial charge in [0.2, 0.25) is 0 Å². The molecule has 23 heavy (non-hydrogen) atoms. The van der Waals surface area contributed by atoms with Crippen molar-refractivity contribution in [3.05, 3.63) is 35.9 Å². The van der Waals surface area contributed by atoms with E-state index in [4.69, 9.17) is 4.84 Å². The van der Waals surface area contributed by atoms with Crippen LogP contribution < -0.4 is 5.32 Å². The largest absolute Gasteiger partial charge is 0.390 e. The summed E-state index contributed by atoms with van der Waals surface area (Å²) in [7, 11) is 0. The van der Waals surface area contributed by atoms with Gasteiger partial charge in [0, 0.05) is 25.7 Å². The molecule has 0 spiro atoms. The molecule has 1 aromatic rings. The first kappa shape index (κ1) is 14.7. The van der Waals surface area contributed by atoms with Crippen molar-refractivity contribution in [2.24, 2.45) is 11.1 Å². The van der Waals surface area contributed by atoms with Gasteiger partial charge in [0.25, 0.3) is 5.91 Å². The molecule has 2 aliphatic heterocycles. The lowest BCUT2D eigenvalue weighted by Gasteiger charge is -2.26. The summed E-state index contributed by atoms with van der Waals surface area (Å²) in [6, 6.07) is 10.9. The van der Waals surface area contributed by atoms with Crippen LogP contribution in [0.1, 0.15) is 24.8 Å². The van der Waals surface area contributed by atoms with Gasteiger partial charge in [-0.05, 0) is 31.2 Å². The van der Waals surface area contributed by atoms with Crippen LogP contribution in [0.25, 0.3) is 0 Å². The molecule has 2 heterocycles. The summed E-state index contributed by atoms with van der Waals surface area (Å²) in [6.07, 6.45) is 4.48. The van der Waals surface area contributed by atoms with Crippen LogP contribution in [-0.4, -0.2) is 48.3 Å². The smallest absolute Gasteiger partial charge is 0.269 e. The Morgan fingerprint density at radius 2 is 2.09 bits per heavy atom. The zero-order valence-corrected chi connectivity index (χ0v) is 13.3. The topological polar surface area (TPSA) is 53.9 Å². The van der Waals surface area contributed by atoms with Crippen LogP contribution in [-0.2, 0) is 16.1 Å². The zero-order valence-electron chi connectivity index (χ0n) is 13.3. The van der Waals surface area contributed by atoms with Crippen LogP contribution in [0, 0.1) is 5.92 Å². The number of amides is 1. The van der Waals surface area contributed by atoms with Crippen LogP contribution in [0.3, 0.4) is 0 Å². The lowest BCUT2D eigenvalue weighted by molar-refractivity contribution is -0.116. The van der Waals surface area contributed by atoms with Crippen molar-refractivity contribution < 1.29 is 9.63 Å². The fourth-order valence-corrected chi connectivity index (χ4v) is 3.55. The molecule has 1 aromatic carbocycles. The Kier molecular flexibility index (Phi) is 4.04. The number of fused-ring (bicyclic) bond motifs is 1. The van der Waals surface area contributed by atoms with E-state index < -0.39 is 0 Å². The molecule has 0 unspecified atom stereocenters. The van der Waals surface area contributed by atoms with Crippen molar-refractivity contribution in [2.75, 3.05) is 19.6 Å². The predicted octanol–water partition coefficient (Wildman–Crippen LogP) is 1.58. The summed E-state index contributed by atoms with van der Waals surface area (Å²) in [5.74, 6) is 0.109. The number of carbonyl (C=O) groups is 1. The summed E-state index contributed by atoms with van der Waals surface area (Å²) >= 11 is 0. The average molecular weight is 313 g/mol. The van der Waals surface area contributed by atoms with Gasteiger partial charge in [-0.15, -0.1) is 0 Å². The van der Waals surface area contributed by atoms with Crippen LogP contribution in [0.5, 0.6) is 0 Å². The standard InChI is InChI=1S/C18H23N3O2/c22-18(19-14-7-4-8-14)17-15-11-21(12-16(15)23-20-17)10-9-13-5-2-1-3-6-13/h1-3,5-6,14-16H,4,7-12H2,(H,19,22)/t15-,16+/m0/s1. The molecule has 1 saturated carbocycles. The van der Waals surface area contributed by atoms with Gasteiger partial charge < -0.3 is 10.2 Å². The van der Waals surface area contributed by atoms with Crippen LogP contribution in [0.15, 0.2) is 35.5 Å². The SMILES string of the molecule is O=C(NC1CCC1)C1=NO[C@@H]2CN(CCc3ccccc3)C[C@H]12. The van der Waals surface area contributed by atoms with E-state index in [2.05, 4.69) is 39.6 Å². The third kappa shape index (κ3) is 3.11.